The quantitative estimate of drug-likeness (QED) is 0.306. The number of ketones is 1. The van der Waals surface area contributed by atoms with Crippen molar-refractivity contribution in [1.29, 1.82) is 0 Å². The first-order chi connectivity index (χ1) is 16.1. The summed E-state index contributed by atoms with van der Waals surface area (Å²) in [7, 11) is 4.84. The molecule has 1 aromatic heterocycles. The van der Waals surface area contributed by atoms with Crippen LogP contribution in [0.4, 0.5) is 0 Å². The average Bonchev–Trinajstić information content (AvgIpc) is 3.31. The molecule has 0 spiro atoms. The zero-order valence-electron chi connectivity index (χ0n) is 19.2. The second-order valence-electron chi connectivity index (χ2n) is 7.98. The zero-order valence-corrected chi connectivity index (χ0v) is 20.1. The Morgan fingerprint density at radius 2 is 1.76 bits per heavy atom. The summed E-state index contributed by atoms with van der Waals surface area (Å²) >= 11 is 1.43. The maximum atomic E-state index is 12.8. The standard InChI is InChI=1S/C25H29N3O4S/c1-30-20-11-7-8-17(14-20)21(29)16-33-25-27-26-24(28(25)19-9-5-4-6-10-19)18-12-13-22(31-2)23(15-18)32-3/h7-8,11-15,19H,4-6,9-10,16H2,1-3H3. The van der Waals surface area contributed by atoms with Crippen LogP contribution in [0.25, 0.3) is 11.4 Å². The molecule has 1 saturated carbocycles. The summed E-state index contributed by atoms with van der Waals surface area (Å²) in [6, 6.07) is 13.3. The number of carbonyl (C=O) groups is 1. The molecule has 0 N–H and O–H groups in total. The van der Waals surface area contributed by atoms with Crippen LogP contribution in [0.3, 0.4) is 0 Å². The van der Waals surface area contributed by atoms with Gasteiger partial charge in [0.1, 0.15) is 5.75 Å². The Balaban J connectivity index is 1.63. The van der Waals surface area contributed by atoms with E-state index in [0.29, 0.717) is 28.9 Å². The van der Waals surface area contributed by atoms with Crippen LogP contribution in [0, 0.1) is 0 Å². The summed E-state index contributed by atoms with van der Waals surface area (Å²) in [5.74, 6) is 3.10. The fourth-order valence-electron chi connectivity index (χ4n) is 4.23. The van der Waals surface area contributed by atoms with Crippen molar-refractivity contribution >= 4 is 17.5 Å². The Bertz CT molecular complexity index is 1110. The number of hydrogen-bond donors (Lipinski definition) is 0. The molecule has 7 nitrogen and oxygen atoms in total. The molecule has 0 unspecified atom stereocenters. The summed E-state index contributed by atoms with van der Waals surface area (Å²) < 4.78 is 18.3. The van der Waals surface area contributed by atoms with Crippen molar-refractivity contribution in [3.63, 3.8) is 0 Å². The van der Waals surface area contributed by atoms with Crippen LogP contribution in [0.1, 0.15) is 48.5 Å². The topological polar surface area (TPSA) is 75.5 Å². The molecule has 2 aromatic carbocycles. The Kier molecular flexibility index (Phi) is 7.54. The van der Waals surface area contributed by atoms with Crippen LogP contribution in [0.15, 0.2) is 47.6 Å². The summed E-state index contributed by atoms with van der Waals surface area (Å²) in [4.78, 5) is 12.8. The molecule has 174 valence electrons. The van der Waals surface area contributed by atoms with E-state index >= 15 is 0 Å². The number of benzene rings is 2. The highest BCUT2D eigenvalue weighted by atomic mass is 32.2. The van der Waals surface area contributed by atoms with E-state index in [0.717, 1.165) is 29.4 Å². The number of rotatable bonds is 9. The molecule has 1 aliphatic carbocycles. The minimum Gasteiger partial charge on any atom is -0.497 e. The summed E-state index contributed by atoms with van der Waals surface area (Å²) in [6.45, 7) is 0. The molecule has 1 heterocycles. The molecular formula is C25H29N3O4S. The molecule has 0 aliphatic heterocycles. The summed E-state index contributed by atoms with van der Waals surface area (Å²) in [5, 5.41) is 9.79. The van der Waals surface area contributed by atoms with E-state index < -0.39 is 0 Å². The number of hydrogen-bond acceptors (Lipinski definition) is 7. The normalized spacial score (nSPS) is 14.2. The second kappa shape index (κ2) is 10.7. The van der Waals surface area contributed by atoms with Crippen molar-refractivity contribution in [2.45, 2.75) is 43.3 Å². The highest BCUT2D eigenvalue weighted by molar-refractivity contribution is 7.99. The van der Waals surface area contributed by atoms with Gasteiger partial charge in [-0.15, -0.1) is 10.2 Å². The van der Waals surface area contributed by atoms with Gasteiger partial charge in [0.25, 0.3) is 0 Å². The van der Waals surface area contributed by atoms with Gasteiger partial charge >= 0.3 is 0 Å². The Labute approximate surface area is 198 Å². The van der Waals surface area contributed by atoms with Crippen LogP contribution in [0.2, 0.25) is 0 Å². The number of ether oxygens (including phenoxy) is 3. The average molecular weight is 468 g/mol. The van der Waals surface area contributed by atoms with Gasteiger partial charge < -0.3 is 14.2 Å². The number of methoxy groups -OCH3 is 3. The predicted molar refractivity (Wildman–Crippen MR) is 129 cm³/mol. The Hall–Kier alpha value is -3.00. The van der Waals surface area contributed by atoms with Crippen molar-refractivity contribution in [2.24, 2.45) is 0 Å². The highest BCUT2D eigenvalue weighted by Crippen LogP contribution is 2.38. The van der Waals surface area contributed by atoms with Crippen molar-refractivity contribution in [1.82, 2.24) is 14.8 Å². The number of Topliss-reactive ketones (excluding diaryl/α,β-unsaturated/α-hetero) is 1. The van der Waals surface area contributed by atoms with Crippen LogP contribution in [-0.4, -0.2) is 47.6 Å². The van der Waals surface area contributed by atoms with E-state index in [2.05, 4.69) is 14.8 Å². The minimum atomic E-state index is 0.0322. The number of carbonyl (C=O) groups excluding carboxylic acids is 1. The van der Waals surface area contributed by atoms with Crippen LogP contribution < -0.4 is 14.2 Å². The first-order valence-electron chi connectivity index (χ1n) is 11.1. The summed E-state index contributed by atoms with van der Waals surface area (Å²) in [5.41, 5.74) is 1.54. The number of aromatic nitrogens is 3. The van der Waals surface area contributed by atoms with E-state index in [1.807, 2.05) is 36.4 Å². The molecule has 33 heavy (non-hydrogen) atoms. The second-order valence-corrected chi connectivity index (χ2v) is 8.92. The monoisotopic (exact) mass is 467 g/mol. The number of thioether (sulfide) groups is 1. The van der Waals surface area contributed by atoms with Gasteiger partial charge in [0.15, 0.2) is 28.3 Å². The molecule has 0 amide bonds. The van der Waals surface area contributed by atoms with Crippen LogP contribution in [-0.2, 0) is 0 Å². The van der Waals surface area contributed by atoms with Crippen molar-refractivity contribution in [2.75, 3.05) is 27.1 Å². The SMILES string of the molecule is COc1cccc(C(=O)CSc2nnc(-c3ccc(OC)c(OC)c3)n2C2CCCCC2)c1. The third-order valence-electron chi connectivity index (χ3n) is 5.97. The lowest BCUT2D eigenvalue weighted by Crippen LogP contribution is -2.15. The molecule has 1 aliphatic rings. The van der Waals surface area contributed by atoms with Crippen molar-refractivity contribution in [3.05, 3.63) is 48.0 Å². The number of nitrogens with zero attached hydrogens (tertiary/aromatic N) is 3. The lowest BCUT2D eigenvalue weighted by molar-refractivity contribution is 0.102. The van der Waals surface area contributed by atoms with E-state index in [9.17, 15) is 4.79 Å². The first-order valence-corrected chi connectivity index (χ1v) is 12.1. The summed E-state index contributed by atoms with van der Waals surface area (Å²) in [6.07, 6.45) is 5.77. The molecular weight excluding hydrogens is 438 g/mol. The molecule has 0 saturated heterocycles. The molecule has 3 aromatic rings. The van der Waals surface area contributed by atoms with Crippen LogP contribution in [0.5, 0.6) is 17.2 Å². The fraction of sp³-hybridized carbons (Fsp3) is 0.400. The predicted octanol–water partition coefficient (Wildman–Crippen LogP) is 5.45. The lowest BCUT2D eigenvalue weighted by Gasteiger charge is -2.25. The molecule has 1 fully saturated rings. The molecule has 8 heteroatoms. The van der Waals surface area contributed by atoms with Gasteiger partial charge in [0.05, 0.1) is 27.1 Å². The maximum Gasteiger partial charge on any atom is 0.192 e. The van der Waals surface area contributed by atoms with Gasteiger partial charge in [-0.2, -0.15) is 0 Å². The van der Waals surface area contributed by atoms with Gasteiger partial charge in [0.2, 0.25) is 0 Å². The maximum absolute atomic E-state index is 12.8. The third kappa shape index (κ3) is 5.16. The van der Waals surface area contributed by atoms with Crippen molar-refractivity contribution in [3.8, 4) is 28.6 Å². The Morgan fingerprint density at radius 3 is 2.48 bits per heavy atom. The first kappa shape index (κ1) is 23.2. The highest BCUT2D eigenvalue weighted by Gasteiger charge is 2.25. The van der Waals surface area contributed by atoms with E-state index in [1.165, 1.54) is 31.0 Å². The van der Waals surface area contributed by atoms with Crippen LogP contribution >= 0.6 is 11.8 Å². The van der Waals surface area contributed by atoms with Gasteiger partial charge in [-0.3, -0.25) is 9.36 Å². The minimum absolute atomic E-state index is 0.0322. The van der Waals surface area contributed by atoms with Crippen molar-refractivity contribution < 1.29 is 19.0 Å². The fourth-order valence-corrected chi connectivity index (χ4v) is 5.13. The molecule has 0 atom stereocenters. The van der Waals surface area contributed by atoms with Gasteiger partial charge in [-0.1, -0.05) is 43.2 Å². The zero-order chi connectivity index (χ0) is 23.2. The smallest absolute Gasteiger partial charge is 0.192 e. The molecule has 0 radical (unpaired) electrons. The van der Waals surface area contributed by atoms with E-state index in [4.69, 9.17) is 14.2 Å². The third-order valence-corrected chi connectivity index (χ3v) is 6.91. The largest absolute Gasteiger partial charge is 0.497 e. The Morgan fingerprint density at radius 1 is 0.970 bits per heavy atom. The lowest BCUT2D eigenvalue weighted by atomic mass is 9.95. The van der Waals surface area contributed by atoms with Gasteiger partial charge in [-0.25, -0.2) is 0 Å². The van der Waals surface area contributed by atoms with Gasteiger partial charge in [-0.05, 0) is 43.2 Å². The van der Waals surface area contributed by atoms with Gasteiger partial charge in [0, 0.05) is 17.2 Å². The molecule has 4 rings (SSSR count). The molecule has 0 bridgehead atoms. The van der Waals surface area contributed by atoms with E-state index in [1.54, 1.807) is 27.4 Å². The van der Waals surface area contributed by atoms with E-state index in [-0.39, 0.29) is 11.5 Å².